The Kier molecular flexibility index (Phi) is 4.46. The third kappa shape index (κ3) is 2.63. The van der Waals surface area contributed by atoms with Crippen molar-refractivity contribution in [1.29, 1.82) is 0 Å². The van der Waals surface area contributed by atoms with Crippen LogP contribution in [0.15, 0.2) is 11.4 Å². The van der Waals surface area contributed by atoms with Gasteiger partial charge in [0, 0.05) is 11.5 Å². The number of rotatable bonds is 4. The molecular weight excluding hydrogens is 244 g/mol. The van der Waals surface area contributed by atoms with Crippen molar-refractivity contribution < 1.29 is 9.84 Å². The topological polar surface area (TPSA) is 29.5 Å². The molecule has 1 aromatic heterocycles. The molecule has 2 rings (SSSR count). The number of aliphatic hydroxyl groups is 1. The van der Waals surface area contributed by atoms with E-state index in [1.54, 1.807) is 11.3 Å². The average Bonchev–Trinajstić information content (AvgIpc) is 2.75. The fraction of sp³-hybridized carbons (Fsp3) is 0.733. The van der Waals surface area contributed by atoms with Crippen LogP contribution < -0.4 is 0 Å². The molecule has 1 N–H and O–H groups in total. The van der Waals surface area contributed by atoms with Gasteiger partial charge in [0.05, 0.1) is 5.60 Å². The Labute approximate surface area is 114 Å². The first-order valence-corrected chi connectivity index (χ1v) is 7.83. The van der Waals surface area contributed by atoms with Crippen LogP contribution in [0.4, 0.5) is 0 Å². The highest BCUT2D eigenvalue weighted by Gasteiger charge is 2.43. The molecular formula is C15H24O2S. The van der Waals surface area contributed by atoms with E-state index in [1.165, 1.54) is 11.3 Å². The summed E-state index contributed by atoms with van der Waals surface area (Å²) in [6.07, 6.45) is 3.87. The maximum atomic E-state index is 10.8. The van der Waals surface area contributed by atoms with Crippen LogP contribution in [0.25, 0.3) is 0 Å². The van der Waals surface area contributed by atoms with Gasteiger partial charge in [-0.05, 0) is 49.6 Å². The molecule has 0 aromatic carbocycles. The molecule has 3 atom stereocenters. The number of hydrogen-bond acceptors (Lipinski definition) is 3. The molecule has 2 nitrogen and oxygen atoms in total. The number of aliphatic hydroxyl groups excluding tert-OH is 1. The van der Waals surface area contributed by atoms with Gasteiger partial charge in [-0.1, -0.05) is 19.8 Å². The van der Waals surface area contributed by atoms with E-state index in [0.717, 1.165) is 24.8 Å². The third-order valence-electron chi connectivity index (χ3n) is 4.11. The first-order chi connectivity index (χ1) is 8.59. The van der Waals surface area contributed by atoms with Gasteiger partial charge in [-0.3, -0.25) is 0 Å². The second-order valence-electron chi connectivity index (χ2n) is 5.53. The van der Waals surface area contributed by atoms with Gasteiger partial charge in [0.25, 0.3) is 0 Å². The van der Waals surface area contributed by atoms with E-state index >= 15 is 0 Å². The first kappa shape index (κ1) is 14.0. The van der Waals surface area contributed by atoms with Gasteiger partial charge in [0.2, 0.25) is 0 Å². The highest BCUT2D eigenvalue weighted by Crippen LogP contribution is 2.44. The molecule has 18 heavy (non-hydrogen) atoms. The normalized spacial score (nSPS) is 30.3. The summed E-state index contributed by atoms with van der Waals surface area (Å²) in [5, 5.41) is 12.9. The molecule has 102 valence electrons. The van der Waals surface area contributed by atoms with Crippen molar-refractivity contribution in [2.75, 3.05) is 6.61 Å². The summed E-state index contributed by atoms with van der Waals surface area (Å²) >= 11 is 1.70. The van der Waals surface area contributed by atoms with E-state index in [1.807, 2.05) is 13.0 Å². The van der Waals surface area contributed by atoms with E-state index in [-0.39, 0.29) is 5.60 Å². The monoisotopic (exact) mass is 268 g/mol. The summed E-state index contributed by atoms with van der Waals surface area (Å²) in [7, 11) is 0. The largest absolute Gasteiger partial charge is 0.385 e. The minimum atomic E-state index is -0.480. The Morgan fingerprint density at radius 3 is 2.94 bits per heavy atom. The van der Waals surface area contributed by atoms with E-state index in [9.17, 15) is 5.11 Å². The van der Waals surface area contributed by atoms with Gasteiger partial charge < -0.3 is 9.84 Å². The minimum absolute atomic E-state index is 0.363. The second kappa shape index (κ2) is 5.72. The summed E-state index contributed by atoms with van der Waals surface area (Å²) in [6.45, 7) is 7.04. The van der Waals surface area contributed by atoms with Crippen molar-refractivity contribution in [3.05, 3.63) is 21.9 Å². The summed E-state index contributed by atoms with van der Waals surface area (Å²) < 4.78 is 6.04. The number of aryl methyl sites for hydroxylation is 1. The number of thiophene rings is 1. The van der Waals surface area contributed by atoms with E-state index < -0.39 is 6.10 Å². The average molecular weight is 268 g/mol. The van der Waals surface area contributed by atoms with Gasteiger partial charge >= 0.3 is 0 Å². The van der Waals surface area contributed by atoms with Crippen LogP contribution >= 0.6 is 11.3 Å². The number of ether oxygens (including phenoxy) is 1. The SMILES string of the molecule is CCOC1(C(O)c2ccsc2C)CCCC(C)C1. The van der Waals surface area contributed by atoms with Gasteiger partial charge in [0.15, 0.2) is 0 Å². The molecule has 1 saturated carbocycles. The molecule has 1 heterocycles. The smallest absolute Gasteiger partial charge is 0.109 e. The molecule has 0 bridgehead atoms. The quantitative estimate of drug-likeness (QED) is 0.891. The van der Waals surface area contributed by atoms with Gasteiger partial charge in [-0.25, -0.2) is 0 Å². The van der Waals surface area contributed by atoms with Gasteiger partial charge in [0.1, 0.15) is 6.10 Å². The maximum absolute atomic E-state index is 10.8. The Balaban J connectivity index is 2.26. The first-order valence-electron chi connectivity index (χ1n) is 6.95. The zero-order valence-corrected chi connectivity index (χ0v) is 12.4. The summed E-state index contributed by atoms with van der Waals surface area (Å²) in [5.41, 5.74) is 0.695. The Morgan fingerprint density at radius 2 is 2.39 bits per heavy atom. The molecule has 1 aliphatic carbocycles. The fourth-order valence-electron chi connectivity index (χ4n) is 3.25. The standard InChI is InChI=1S/C15H24O2S/c1-4-17-15(8-5-6-11(2)10-15)14(16)13-7-9-18-12(13)3/h7,9,11,14,16H,4-6,8,10H2,1-3H3. The lowest BCUT2D eigenvalue weighted by Crippen LogP contribution is -2.43. The molecule has 1 aliphatic rings. The van der Waals surface area contributed by atoms with Crippen molar-refractivity contribution in [2.24, 2.45) is 5.92 Å². The van der Waals surface area contributed by atoms with Crippen molar-refractivity contribution >= 4 is 11.3 Å². The Hall–Kier alpha value is -0.380. The van der Waals surface area contributed by atoms with E-state index in [2.05, 4.69) is 19.2 Å². The van der Waals surface area contributed by atoms with Crippen molar-refractivity contribution in [1.82, 2.24) is 0 Å². The van der Waals surface area contributed by atoms with Crippen LogP contribution in [0.5, 0.6) is 0 Å². The maximum Gasteiger partial charge on any atom is 0.109 e. The molecule has 1 fully saturated rings. The lowest BCUT2D eigenvalue weighted by molar-refractivity contribution is -0.150. The van der Waals surface area contributed by atoms with E-state index in [0.29, 0.717) is 12.5 Å². The van der Waals surface area contributed by atoms with Crippen LogP contribution in [-0.2, 0) is 4.74 Å². The van der Waals surface area contributed by atoms with Crippen molar-refractivity contribution in [3.63, 3.8) is 0 Å². The zero-order valence-electron chi connectivity index (χ0n) is 11.6. The van der Waals surface area contributed by atoms with Gasteiger partial charge in [-0.2, -0.15) is 0 Å². The second-order valence-corrected chi connectivity index (χ2v) is 6.65. The van der Waals surface area contributed by atoms with Crippen LogP contribution in [0.3, 0.4) is 0 Å². The van der Waals surface area contributed by atoms with Crippen molar-refractivity contribution in [2.45, 2.75) is 58.2 Å². The summed E-state index contributed by atoms with van der Waals surface area (Å²) in [5.74, 6) is 0.638. The molecule has 0 saturated heterocycles. The zero-order chi connectivity index (χ0) is 13.2. The van der Waals surface area contributed by atoms with Crippen LogP contribution in [0.2, 0.25) is 0 Å². The highest BCUT2D eigenvalue weighted by atomic mass is 32.1. The van der Waals surface area contributed by atoms with Crippen LogP contribution in [-0.4, -0.2) is 17.3 Å². The van der Waals surface area contributed by atoms with Gasteiger partial charge in [-0.15, -0.1) is 11.3 Å². The van der Waals surface area contributed by atoms with Crippen molar-refractivity contribution in [3.8, 4) is 0 Å². The molecule has 0 amide bonds. The summed E-state index contributed by atoms with van der Waals surface area (Å²) in [4.78, 5) is 1.21. The van der Waals surface area contributed by atoms with Crippen LogP contribution in [0.1, 0.15) is 56.1 Å². The minimum Gasteiger partial charge on any atom is -0.385 e. The third-order valence-corrected chi connectivity index (χ3v) is 4.98. The number of hydrogen-bond donors (Lipinski definition) is 1. The summed E-state index contributed by atoms with van der Waals surface area (Å²) in [6, 6.07) is 2.05. The predicted octanol–water partition coefficient (Wildman–Crippen LogP) is 4.08. The molecule has 0 aliphatic heterocycles. The van der Waals surface area contributed by atoms with Crippen LogP contribution in [0, 0.1) is 12.8 Å². The molecule has 3 heteroatoms. The highest BCUT2D eigenvalue weighted by molar-refractivity contribution is 7.10. The van der Waals surface area contributed by atoms with E-state index in [4.69, 9.17) is 4.74 Å². The Bertz CT molecular complexity index is 384. The molecule has 1 aromatic rings. The fourth-order valence-corrected chi connectivity index (χ4v) is 3.99. The predicted molar refractivity (Wildman–Crippen MR) is 76.0 cm³/mol. The molecule has 0 radical (unpaired) electrons. The Morgan fingerprint density at radius 1 is 1.61 bits per heavy atom. The lowest BCUT2D eigenvalue weighted by atomic mass is 9.74. The molecule has 0 spiro atoms. The lowest BCUT2D eigenvalue weighted by Gasteiger charge is -2.43. The molecule has 3 unspecified atom stereocenters.